The fraction of sp³-hybridized carbons (Fsp3) is 0.111. The van der Waals surface area contributed by atoms with Crippen LogP contribution in [0.2, 0.25) is 5.02 Å². The van der Waals surface area contributed by atoms with Crippen molar-refractivity contribution in [3.63, 3.8) is 0 Å². The van der Waals surface area contributed by atoms with Gasteiger partial charge in [-0.1, -0.05) is 23.7 Å². The first-order chi connectivity index (χ1) is 7.33. The molecule has 6 heteroatoms. The van der Waals surface area contributed by atoms with E-state index in [9.17, 15) is 0 Å². The summed E-state index contributed by atoms with van der Waals surface area (Å²) < 4.78 is 1.40. The van der Waals surface area contributed by atoms with Crippen LogP contribution in [0, 0.1) is 11.3 Å². The summed E-state index contributed by atoms with van der Waals surface area (Å²) in [6, 6.07) is 9.20. The Morgan fingerprint density at radius 1 is 1.40 bits per heavy atom. The van der Waals surface area contributed by atoms with Crippen LogP contribution in [0.15, 0.2) is 24.3 Å². The van der Waals surface area contributed by atoms with Crippen LogP contribution in [0.4, 0.5) is 0 Å². The Morgan fingerprint density at radius 3 is 2.93 bits per heavy atom. The lowest BCUT2D eigenvalue weighted by Gasteiger charge is -2.01. The third-order valence-corrected chi connectivity index (χ3v) is 2.20. The molecule has 0 radical (unpaired) electrons. The highest BCUT2D eigenvalue weighted by molar-refractivity contribution is 6.33. The van der Waals surface area contributed by atoms with E-state index in [1.807, 2.05) is 24.3 Å². The summed E-state index contributed by atoms with van der Waals surface area (Å²) in [6.45, 7) is 0.105. The van der Waals surface area contributed by atoms with Gasteiger partial charge in [0.25, 0.3) is 0 Å². The summed E-state index contributed by atoms with van der Waals surface area (Å²) in [5.74, 6) is 0.502. The number of hydrogen-bond acceptors (Lipinski definition) is 4. The molecule has 2 aromatic rings. The molecule has 0 bridgehead atoms. The number of rotatable bonds is 2. The summed E-state index contributed by atoms with van der Waals surface area (Å²) in [5, 5.41) is 20.2. The molecule has 0 fully saturated rings. The molecule has 0 unspecified atom stereocenters. The van der Waals surface area contributed by atoms with Gasteiger partial charge in [-0.05, 0) is 22.6 Å². The first-order valence-electron chi connectivity index (χ1n) is 4.21. The number of nitriles is 1. The molecule has 1 aromatic carbocycles. The van der Waals surface area contributed by atoms with Gasteiger partial charge in [0.15, 0.2) is 5.82 Å². The molecular weight excluding hydrogens is 214 g/mol. The van der Waals surface area contributed by atoms with Crippen molar-refractivity contribution in [3.8, 4) is 17.5 Å². The van der Waals surface area contributed by atoms with Gasteiger partial charge in [0, 0.05) is 5.56 Å². The standard InChI is InChI=1S/C9H6ClN5/c10-8-4-2-1-3-7(8)9-12-13-14-15(9)6-5-11/h1-4H,6H2. The Bertz CT molecular complexity index is 513. The molecule has 2 rings (SSSR count). The number of hydrogen-bond donors (Lipinski definition) is 0. The molecule has 0 amide bonds. The monoisotopic (exact) mass is 219 g/mol. The van der Waals surface area contributed by atoms with E-state index < -0.39 is 0 Å². The van der Waals surface area contributed by atoms with Crippen LogP contribution >= 0.6 is 11.6 Å². The van der Waals surface area contributed by atoms with E-state index in [0.717, 1.165) is 5.56 Å². The number of aromatic nitrogens is 4. The lowest BCUT2D eigenvalue weighted by atomic mass is 10.2. The minimum Gasteiger partial charge on any atom is -0.211 e. The molecule has 0 saturated heterocycles. The predicted octanol–water partition coefficient (Wildman–Crippen LogP) is 1.52. The van der Waals surface area contributed by atoms with Crippen LogP contribution < -0.4 is 0 Å². The number of benzene rings is 1. The lowest BCUT2D eigenvalue weighted by Crippen LogP contribution is -2.01. The van der Waals surface area contributed by atoms with Crippen molar-refractivity contribution in [1.29, 1.82) is 5.26 Å². The summed E-state index contributed by atoms with van der Waals surface area (Å²) in [7, 11) is 0. The van der Waals surface area contributed by atoms with Crippen molar-refractivity contribution in [2.45, 2.75) is 6.54 Å². The lowest BCUT2D eigenvalue weighted by molar-refractivity contribution is 0.671. The number of tetrazole rings is 1. The Balaban J connectivity index is 2.51. The van der Waals surface area contributed by atoms with Crippen LogP contribution in [0.25, 0.3) is 11.4 Å². The zero-order valence-electron chi connectivity index (χ0n) is 7.63. The topological polar surface area (TPSA) is 67.4 Å². The second-order valence-corrected chi connectivity index (χ2v) is 3.21. The molecule has 0 atom stereocenters. The Hall–Kier alpha value is -1.93. The second-order valence-electron chi connectivity index (χ2n) is 2.80. The molecule has 1 aromatic heterocycles. The van der Waals surface area contributed by atoms with E-state index in [0.29, 0.717) is 10.8 Å². The van der Waals surface area contributed by atoms with E-state index in [1.165, 1.54) is 4.68 Å². The van der Waals surface area contributed by atoms with Crippen LogP contribution in [0.1, 0.15) is 0 Å². The van der Waals surface area contributed by atoms with Gasteiger partial charge in [-0.25, -0.2) is 4.68 Å². The Kier molecular flexibility index (Phi) is 2.61. The van der Waals surface area contributed by atoms with Crippen molar-refractivity contribution in [3.05, 3.63) is 29.3 Å². The van der Waals surface area contributed by atoms with Gasteiger partial charge in [-0.15, -0.1) is 5.10 Å². The van der Waals surface area contributed by atoms with Crippen LogP contribution in [0.5, 0.6) is 0 Å². The van der Waals surface area contributed by atoms with Gasteiger partial charge >= 0.3 is 0 Å². The number of halogens is 1. The Labute approximate surface area is 90.9 Å². The summed E-state index contributed by atoms with van der Waals surface area (Å²) >= 11 is 6.00. The van der Waals surface area contributed by atoms with Crippen molar-refractivity contribution < 1.29 is 0 Å². The van der Waals surface area contributed by atoms with Gasteiger partial charge < -0.3 is 0 Å². The quantitative estimate of drug-likeness (QED) is 0.768. The molecule has 0 spiro atoms. The van der Waals surface area contributed by atoms with Crippen molar-refractivity contribution >= 4 is 11.6 Å². The molecule has 0 aliphatic rings. The highest BCUT2D eigenvalue weighted by atomic mass is 35.5. The van der Waals surface area contributed by atoms with Crippen molar-refractivity contribution in [2.75, 3.05) is 0 Å². The molecule has 74 valence electrons. The number of nitrogens with zero attached hydrogens (tertiary/aromatic N) is 5. The van der Waals surface area contributed by atoms with Crippen molar-refractivity contribution in [2.24, 2.45) is 0 Å². The molecule has 0 aliphatic carbocycles. The Morgan fingerprint density at radius 2 is 2.20 bits per heavy atom. The normalized spacial score (nSPS) is 9.87. The van der Waals surface area contributed by atoms with Gasteiger partial charge in [-0.3, -0.25) is 0 Å². The highest BCUT2D eigenvalue weighted by Gasteiger charge is 2.10. The summed E-state index contributed by atoms with van der Waals surface area (Å²) in [6.07, 6.45) is 0. The molecule has 0 aliphatic heterocycles. The minimum absolute atomic E-state index is 0.105. The fourth-order valence-corrected chi connectivity index (χ4v) is 1.43. The van der Waals surface area contributed by atoms with Gasteiger partial charge in [0.05, 0.1) is 11.1 Å². The third-order valence-electron chi connectivity index (χ3n) is 1.87. The van der Waals surface area contributed by atoms with Gasteiger partial charge in [0.2, 0.25) is 0 Å². The third kappa shape index (κ3) is 1.80. The first-order valence-corrected chi connectivity index (χ1v) is 4.58. The largest absolute Gasteiger partial charge is 0.211 e. The zero-order chi connectivity index (χ0) is 10.7. The molecular formula is C9H6ClN5. The summed E-state index contributed by atoms with van der Waals surface area (Å²) in [4.78, 5) is 0. The predicted molar refractivity (Wildman–Crippen MR) is 53.9 cm³/mol. The van der Waals surface area contributed by atoms with Crippen LogP contribution in [-0.2, 0) is 6.54 Å². The molecule has 0 N–H and O–H groups in total. The molecule has 1 heterocycles. The maximum atomic E-state index is 8.58. The SMILES string of the molecule is N#CCn1nnnc1-c1ccccc1Cl. The average molecular weight is 220 g/mol. The minimum atomic E-state index is 0.105. The van der Waals surface area contributed by atoms with Crippen LogP contribution in [0.3, 0.4) is 0 Å². The van der Waals surface area contributed by atoms with Gasteiger partial charge in [0.1, 0.15) is 6.54 Å². The second kappa shape index (κ2) is 4.07. The van der Waals surface area contributed by atoms with E-state index in [-0.39, 0.29) is 6.54 Å². The average Bonchev–Trinajstić information content (AvgIpc) is 2.67. The summed E-state index contributed by atoms with van der Waals surface area (Å²) in [5.41, 5.74) is 0.722. The fourth-order valence-electron chi connectivity index (χ4n) is 1.21. The smallest absolute Gasteiger partial charge is 0.184 e. The first kappa shape index (κ1) is 9.62. The zero-order valence-corrected chi connectivity index (χ0v) is 8.39. The van der Waals surface area contributed by atoms with E-state index in [4.69, 9.17) is 16.9 Å². The maximum Gasteiger partial charge on any atom is 0.184 e. The molecule has 5 nitrogen and oxygen atoms in total. The van der Waals surface area contributed by atoms with Crippen molar-refractivity contribution in [1.82, 2.24) is 20.2 Å². The van der Waals surface area contributed by atoms with Crippen LogP contribution in [-0.4, -0.2) is 20.2 Å². The molecule has 0 saturated carbocycles. The van der Waals surface area contributed by atoms with Gasteiger partial charge in [-0.2, -0.15) is 5.26 Å². The highest BCUT2D eigenvalue weighted by Crippen LogP contribution is 2.24. The van der Waals surface area contributed by atoms with E-state index in [2.05, 4.69) is 15.5 Å². The van der Waals surface area contributed by atoms with E-state index >= 15 is 0 Å². The van der Waals surface area contributed by atoms with E-state index in [1.54, 1.807) is 6.07 Å². The maximum absolute atomic E-state index is 8.58. The molecule has 15 heavy (non-hydrogen) atoms.